The van der Waals surface area contributed by atoms with E-state index >= 15 is 0 Å². The Hall–Kier alpha value is -1.95. The molecule has 0 heterocycles. The van der Waals surface area contributed by atoms with Gasteiger partial charge in [0, 0.05) is 20.3 Å². The van der Waals surface area contributed by atoms with E-state index in [0.29, 0.717) is 32.9 Å². The third kappa shape index (κ3) is 8.04. The molecule has 2 amide bonds. The molecule has 1 rings (SSSR count). The molecule has 6 nitrogen and oxygen atoms in total. The molecule has 0 atom stereocenters. The van der Waals surface area contributed by atoms with Crippen molar-refractivity contribution in [2.45, 2.75) is 13.3 Å². The number of carbonyl (C=O) groups excluding carboxylic acids is 1. The van der Waals surface area contributed by atoms with Gasteiger partial charge in [0.05, 0.1) is 13.2 Å². The molecule has 0 radical (unpaired) electrons. The van der Waals surface area contributed by atoms with Gasteiger partial charge < -0.3 is 24.8 Å². The van der Waals surface area contributed by atoms with Crippen molar-refractivity contribution in [3.05, 3.63) is 24.3 Å². The highest BCUT2D eigenvalue weighted by atomic mass is 16.5. The first-order valence-corrected chi connectivity index (χ1v) is 7.12. The van der Waals surface area contributed by atoms with Crippen LogP contribution in [0.25, 0.3) is 0 Å². The van der Waals surface area contributed by atoms with Gasteiger partial charge in [-0.15, -0.1) is 0 Å². The highest BCUT2D eigenvalue weighted by Crippen LogP contribution is 2.17. The molecule has 0 aromatic heterocycles. The number of carbonyl (C=O) groups is 1. The van der Waals surface area contributed by atoms with Crippen LogP contribution in [-0.2, 0) is 4.74 Å². The SMILES string of the molecule is CCOc1ccc(OCCNC(=O)NCCCOC)cc1. The largest absolute Gasteiger partial charge is 0.494 e. The summed E-state index contributed by atoms with van der Waals surface area (Å²) in [6.07, 6.45) is 0.798. The number of hydrogen-bond donors (Lipinski definition) is 2. The zero-order valence-corrected chi connectivity index (χ0v) is 12.7. The second-order valence-corrected chi connectivity index (χ2v) is 4.28. The van der Waals surface area contributed by atoms with Crippen LogP contribution >= 0.6 is 0 Å². The van der Waals surface area contributed by atoms with Crippen molar-refractivity contribution in [1.29, 1.82) is 0 Å². The lowest BCUT2D eigenvalue weighted by molar-refractivity contribution is 0.193. The van der Waals surface area contributed by atoms with E-state index in [9.17, 15) is 4.79 Å². The summed E-state index contributed by atoms with van der Waals surface area (Å²) in [6.45, 7) is 4.68. The molecule has 118 valence electrons. The van der Waals surface area contributed by atoms with Crippen LogP contribution in [0.4, 0.5) is 4.79 Å². The van der Waals surface area contributed by atoms with Crippen LogP contribution in [0.5, 0.6) is 11.5 Å². The highest BCUT2D eigenvalue weighted by Gasteiger charge is 1.99. The van der Waals surface area contributed by atoms with E-state index in [1.54, 1.807) is 7.11 Å². The maximum atomic E-state index is 11.4. The Labute approximate surface area is 125 Å². The van der Waals surface area contributed by atoms with Crippen molar-refractivity contribution >= 4 is 6.03 Å². The number of nitrogens with one attached hydrogen (secondary N) is 2. The van der Waals surface area contributed by atoms with Gasteiger partial charge in [-0.3, -0.25) is 0 Å². The van der Waals surface area contributed by atoms with Crippen molar-refractivity contribution in [2.75, 3.05) is 40.0 Å². The summed E-state index contributed by atoms with van der Waals surface area (Å²) in [5, 5.41) is 5.46. The molecule has 0 saturated heterocycles. The van der Waals surface area contributed by atoms with Gasteiger partial charge in [-0.25, -0.2) is 4.79 Å². The molecule has 0 bridgehead atoms. The number of amides is 2. The lowest BCUT2D eigenvalue weighted by Crippen LogP contribution is -2.38. The van der Waals surface area contributed by atoms with E-state index in [-0.39, 0.29) is 6.03 Å². The first-order valence-electron chi connectivity index (χ1n) is 7.12. The molecule has 1 aromatic rings. The number of hydrogen-bond acceptors (Lipinski definition) is 4. The van der Waals surface area contributed by atoms with Crippen LogP contribution in [0.1, 0.15) is 13.3 Å². The monoisotopic (exact) mass is 296 g/mol. The van der Waals surface area contributed by atoms with Gasteiger partial charge in [0.25, 0.3) is 0 Å². The molecule has 2 N–H and O–H groups in total. The first-order chi connectivity index (χ1) is 10.3. The molecule has 6 heteroatoms. The number of benzene rings is 1. The third-order valence-electron chi connectivity index (χ3n) is 2.60. The average molecular weight is 296 g/mol. The lowest BCUT2D eigenvalue weighted by Gasteiger charge is -2.09. The minimum atomic E-state index is -0.193. The van der Waals surface area contributed by atoms with Gasteiger partial charge >= 0.3 is 6.03 Å². The van der Waals surface area contributed by atoms with Crippen molar-refractivity contribution < 1.29 is 19.0 Å². The van der Waals surface area contributed by atoms with Gasteiger partial charge in [0.2, 0.25) is 0 Å². The Morgan fingerprint density at radius 3 is 2.24 bits per heavy atom. The number of methoxy groups -OCH3 is 1. The van der Waals surface area contributed by atoms with E-state index in [1.807, 2.05) is 31.2 Å². The van der Waals surface area contributed by atoms with Gasteiger partial charge in [-0.05, 0) is 37.6 Å². The molecule has 0 aliphatic carbocycles. The Morgan fingerprint density at radius 1 is 1.00 bits per heavy atom. The Bertz CT molecular complexity index is 395. The molecule has 0 unspecified atom stereocenters. The van der Waals surface area contributed by atoms with Crippen LogP contribution in [0.3, 0.4) is 0 Å². The fourth-order valence-electron chi connectivity index (χ4n) is 1.61. The topological polar surface area (TPSA) is 68.8 Å². The fraction of sp³-hybridized carbons (Fsp3) is 0.533. The maximum absolute atomic E-state index is 11.4. The summed E-state index contributed by atoms with van der Waals surface area (Å²) in [5.74, 6) is 1.57. The summed E-state index contributed by atoms with van der Waals surface area (Å²) in [7, 11) is 1.64. The minimum absolute atomic E-state index is 0.193. The molecule has 0 spiro atoms. The number of urea groups is 1. The number of ether oxygens (including phenoxy) is 3. The summed E-state index contributed by atoms with van der Waals surface area (Å²) < 4.78 is 15.8. The molecular weight excluding hydrogens is 272 g/mol. The zero-order valence-electron chi connectivity index (χ0n) is 12.7. The lowest BCUT2D eigenvalue weighted by atomic mass is 10.3. The van der Waals surface area contributed by atoms with Crippen molar-refractivity contribution in [3.8, 4) is 11.5 Å². The highest BCUT2D eigenvalue weighted by molar-refractivity contribution is 5.73. The van der Waals surface area contributed by atoms with E-state index in [1.165, 1.54) is 0 Å². The van der Waals surface area contributed by atoms with Gasteiger partial charge in [0.15, 0.2) is 0 Å². The first kappa shape index (κ1) is 17.1. The predicted octanol–water partition coefficient (Wildman–Crippen LogP) is 1.80. The van der Waals surface area contributed by atoms with E-state index in [0.717, 1.165) is 17.9 Å². The molecule has 0 saturated carbocycles. The Morgan fingerprint density at radius 2 is 1.62 bits per heavy atom. The van der Waals surface area contributed by atoms with E-state index in [2.05, 4.69) is 10.6 Å². The summed E-state index contributed by atoms with van der Waals surface area (Å²) >= 11 is 0. The van der Waals surface area contributed by atoms with Gasteiger partial charge in [-0.1, -0.05) is 0 Å². The fourth-order valence-corrected chi connectivity index (χ4v) is 1.61. The second kappa shape index (κ2) is 10.8. The summed E-state index contributed by atoms with van der Waals surface area (Å²) in [5.41, 5.74) is 0. The smallest absolute Gasteiger partial charge is 0.314 e. The van der Waals surface area contributed by atoms with Gasteiger partial charge in [-0.2, -0.15) is 0 Å². The van der Waals surface area contributed by atoms with E-state index < -0.39 is 0 Å². The minimum Gasteiger partial charge on any atom is -0.494 e. The Balaban J connectivity index is 2.09. The molecule has 0 aliphatic rings. The number of rotatable bonds is 10. The van der Waals surface area contributed by atoms with Crippen molar-refractivity contribution in [1.82, 2.24) is 10.6 Å². The molecule has 0 aliphatic heterocycles. The summed E-state index contributed by atoms with van der Waals surface area (Å²) in [6, 6.07) is 7.20. The summed E-state index contributed by atoms with van der Waals surface area (Å²) in [4.78, 5) is 11.4. The predicted molar refractivity (Wildman–Crippen MR) is 81.0 cm³/mol. The zero-order chi connectivity index (χ0) is 15.3. The second-order valence-electron chi connectivity index (χ2n) is 4.28. The van der Waals surface area contributed by atoms with Crippen molar-refractivity contribution in [3.63, 3.8) is 0 Å². The van der Waals surface area contributed by atoms with Crippen molar-refractivity contribution in [2.24, 2.45) is 0 Å². The molecule has 1 aromatic carbocycles. The van der Waals surface area contributed by atoms with Crippen LogP contribution in [-0.4, -0.2) is 46.1 Å². The van der Waals surface area contributed by atoms with Crippen LogP contribution in [0.15, 0.2) is 24.3 Å². The molecule has 21 heavy (non-hydrogen) atoms. The van der Waals surface area contributed by atoms with Gasteiger partial charge in [0.1, 0.15) is 18.1 Å². The van der Waals surface area contributed by atoms with Crippen LogP contribution < -0.4 is 20.1 Å². The molecule has 0 fully saturated rings. The Kier molecular flexibility index (Phi) is 8.79. The quantitative estimate of drug-likeness (QED) is 0.646. The average Bonchev–Trinajstić information content (AvgIpc) is 2.50. The standard InChI is InChI=1S/C15H24N2O4/c1-3-20-13-5-7-14(8-6-13)21-12-10-17-15(18)16-9-4-11-19-2/h5-8H,3-4,9-12H2,1-2H3,(H2,16,17,18). The molecular formula is C15H24N2O4. The maximum Gasteiger partial charge on any atom is 0.314 e. The normalized spacial score (nSPS) is 10.0. The van der Waals surface area contributed by atoms with Crippen LogP contribution in [0, 0.1) is 0 Å². The van der Waals surface area contributed by atoms with Crippen LogP contribution in [0.2, 0.25) is 0 Å². The third-order valence-corrected chi connectivity index (χ3v) is 2.60. The van der Waals surface area contributed by atoms with E-state index in [4.69, 9.17) is 14.2 Å².